The third-order valence-electron chi connectivity index (χ3n) is 1.86. The lowest BCUT2D eigenvalue weighted by molar-refractivity contribution is 0.101. The molecule has 0 N–H and O–H groups in total. The fourth-order valence-electron chi connectivity index (χ4n) is 1.23. The van der Waals surface area contributed by atoms with E-state index in [0.717, 1.165) is 12.1 Å². The molecule has 0 aliphatic rings. The van der Waals surface area contributed by atoms with Gasteiger partial charge in [-0.3, -0.25) is 4.79 Å². The van der Waals surface area contributed by atoms with E-state index in [2.05, 4.69) is 0 Å². The maximum atomic E-state index is 13.1. The standard InChI is InChI=1S/C11H13ClF2O2Si/c1-17(2,3)16-11-5-9(14)8(13)4-7(11)10(15)6-12/h4-5H,6H2,1-3H3. The lowest BCUT2D eigenvalue weighted by Gasteiger charge is -2.21. The molecule has 0 amide bonds. The molecule has 1 aromatic rings. The molecule has 1 rings (SSSR count). The van der Waals surface area contributed by atoms with E-state index in [1.165, 1.54) is 0 Å². The summed E-state index contributed by atoms with van der Waals surface area (Å²) in [5.74, 6) is -2.84. The molecule has 1 aromatic carbocycles. The zero-order chi connectivity index (χ0) is 13.2. The van der Waals surface area contributed by atoms with E-state index in [4.69, 9.17) is 16.0 Å². The highest BCUT2D eigenvalue weighted by atomic mass is 35.5. The average Bonchev–Trinajstić information content (AvgIpc) is 2.20. The first-order valence-corrected chi connectivity index (χ1v) is 8.96. The van der Waals surface area contributed by atoms with Crippen LogP contribution in [0.2, 0.25) is 19.6 Å². The largest absolute Gasteiger partial charge is 0.544 e. The van der Waals surface area contributed by atoms with Crippen LogP contribution in [0.4, 0.5) is 8.78 Å². The SMILES string of the molecule is C[Si](C)(C)Oc1cc(F)c(F)cc1C(=O)CCl. The molecule has 0 heterocycles. The van der Waals surface area contributed by atoms with Gasteiger partial charge in [0.05, 0.1) is 11.4 Å². The van der Waals surface area contributed by atoms with Crippen LogP contribution in [0.5, 0.6) is 5.75 Å². The van der Waals surface area contributed by atoms with Gasteiger partial charge in [0, 0.05) is 6.07 Å². The Labute approximate surface area is 105 Å². The molecule has 0 aromatic heterocycles. The molecule has 2 nitrogen and oxygen atoms in total. The molecule has 0 spiro atoms. The van der Waals surface area contributed by atoms with Gasteiger partial charge in [0.25, 0.3) is 0 Å². The zero-order valence-electron chi connectivity index (χ0n) is 9.81. The van der Waals surface area contributed by atoms with E-state index in [9.17, 15) is 13.6 Å². The van der Waals surface area contributed by atoms with Crippen molar-refractivity contribution in [3.05, 3.63) is 29.3 Å². The first-order chi connectivity index (χ1) is 7.74. The predicted octanol–water partition coefficient (Wildman–Crippen LogP) is 3.60. The molecule has 0 saturated heterocycles. The molecule has 0 atom stereocenters. The summed E-state index contributed by atoms with van der Waals surface area (Å²) in [5, 5.41) is 0. The monoisotopic (exact) mass is 278 g/mol. The maximum absolute atomic E-state index is 13.1. The second-order valence-electron chi connectivity index (χ2n) is 4.53. The lowest BCUT2D eigenvalue weighted by Crippen LogP contribution is -2.30. The number of rotatable bonds is 4. The molecule has 6 heteroatoms. The van der Waals surface area contributed by atoms with Crippen LogP contribution in [-0.2, 0) is 0 Å². The summed E-state index contributed by atoms with van der Waals surface area (Å²) in [7, 11) is -2.01. The Morgan fingerprint density at radius 3 is 2.29 bits per heavy atom. The van der Waals surface area contributed by atoms with E-state index in [1.807, 2.05) is 19.6 Å². The van der Waals surface area contributed by atoms with Gasteiger partial charge in [0.15, 0.2) is 17.4 Å². The second kappa shape index (κ2) is 5.14. The highest BCUT2D eigenvalue weighted by Crippen LogP contribution is 2.26. The smallest absolute Gasteiger partial charge is 0.242 e. The summed E-state index contributed by atoms with van der Waals surface area (Å²) in [6.45, 7) is 5.63. The van der Waals surface area contributed by atoms with Crippen molar-refractivity contribution in [1.29, 1.82) is 0 Å². The van der Waals surface area contributed by atoms with Gasteiger partial charge in [-0.2, -0.15) is 0 Å². The van der Waals surface area contributed by atoms with Crippen molar-refractivity contribution in [3.63, 3.8) is 0 Å². The Balaban J connectivity index is 3.26. The second-order valence-corrected chi connectivity index (χ2v) is 9.23. The first kappa shape index (κ1) is 14.1. The fourth-order valence-corrected chi connectivity index (χ4v) is 2.21. The van der Waals surface area contributed by atoms with Crippen molar-refractivity contribution in [2.75, 3.05) is 5.88 Å². The summed E-state index contributed by atoms with van der Waals surface area (Å²) in [5.41, 5.74) is -0.0127. The normalized spacial score (nSPS) is 11.4. The van der Waals surface area contributed by atoms with Gasteiger partial charge in [-0.05, 0) is 25.7 Å². The zero-order valence-corrected chi connectivity index (χ0v) is 11.6. The Morgan fingerprint density at radius 1 is 1.29 bits per heavy atom. The third kappa shape index (κ3) is 3.78. The molecule has 94 valence electrons. The van der Waals surface area contributed by atoms with Gasteiger partial charge < -0.3 is 4.43 Å². The first-order valence-electron chi connectivity index (χ1n) is 5.02. The average molecular weight is 279 g/mol. The van der Waals surface area contributed by atoms with Crippen LogP contribution in [0.15, 0.2) is 12.1 Å². The molecule has 0 aliphatic heterocycles. The Morgan fingerprint density at radius 2 is 1.82 bits per heavy atom. The van der Waals surface area contributed by atoms with Crippen molar-refractivity contribution >= 4 is 25.7 Å². The summed E-state index contributed by atoms with van der Waals surface area (Å²) in [4.78, 5) is 11.5. The van der Waals surface area contributed by atoms with Crippen molar-refractivity contribution in [2.45, 2.75) is 19.6 Å². The Kier molecular flexibility index (Phi) is 4.27. The third-order valence-corrected chi connectivity index (χ3v) is 2.94. The summed E-state index contributed by atoms with van der Waals surface area (Å²) >= 11 is 5.41. The number of Topliss-reactive ketones (excluding diaryl/α,β-unsaturated/α-hetero) is 1. The van der Waals surface area contributed by atoms with E-state index < -0.39 is 25.7 Å². The van der Waals surface area contributed by atoms with Gasteiger partial charge in [0.2, 0.25) is 8.32 Å². The van der Waals surface area contributed by atoms with E-state index in [0.29, 0.717) is 0 Å². The van der Waals surface area contributed by atoms with E-state index in [-0.39, 0.29) is 17.2 Å². The number of hydrogen-bond donors (Lipinski definition) is 0. The highest BCUT2D eigenvalue weighted by molar-refractivity contribution is 6.70. The van der Waals surface area contributed by atoms with Crippen LogP contribution in [0.3, 0.4) is 0 Å². The molecule has 0 radical (unpaired) electrons. The van der Waals surface area contributed by atoms with Gasteiger partial charge in [0.1, 0.15) is 5.75 Å². The topological polar surface area (TPSA) is 26.3 Å². The molecular formula is C11H13ClF2O2Si. The summed E-state index contributed by atoms with van der Waals surface area (Å²) in [6, 6.07) is 1.73. The molecule has 0 bridgehead atoms. The lowest BCUT2D eigenvalue weighted by atomic mass is 10.1. The minimum absolute atomic E-state index is 0.0127. The van der Waals surface area contributed by atoms with Crippen LogP contribution >= 0.6 is 11.6 Å². The predicted molar refractivity (Wildman–Crippen MR) is 65.4 cm³/mol. The van der Waals surface area contributed by atoms with E-state index >= 15 is 0 Å². The van der Waals surface area contributed by atoms with Gasteiger partial charge in [-0.25, -0.2) is 8.78 Å². The van der Waals surface area contributed by atoms with Crippen LogP contribution in [0.1, 0.15) is 10.4 Å². The van der Waals surface area contributed by atoms with Crippen LogP contribution in [-0.4, -0.2) is 20.0 Å². The molecule has 0 saturated carbocycles. The fraction of sp³-hybridized carbons (Fsp3) is 0.364. The molecule has 0 aliphatic carbocycles. The van der Waals surface area contributed by atoms with Gasteiger partial charge in [-0.15, -0.1) is 11.6 Å². The Bertz CT molecular complexity index is 444. The summed E-state index contributed by atoms with van der Waals surface area (Å²) < 4.78 is 31.7. The van der Waals surface area contributed by atoms with Crippen LogP contribution in [0, 0.1) is 11.6 Å². The van der Waals surface area contributed by atoms with Crippen molar-refractivity contribution in [2.24, 2.45) is 0 Å². The van der Waals surface area contributed by atoms with Crippen molar-refractivity contribution in [1.82, 2.24) is 0 Å². The van der Waals surface area contributed by atoms with E-state index in [1.54, 1.807) is 0 Å². The number of carbonyl (C=O) groups is 1. The minimum atomic E-state index is -2.01. The highest BCUT2D eigenvalue weighted by Gasteiger charge is 2.22. The molecule has 17 heavy (non-hydrogen) atoms. The van der Waals surface area contributed by atoms with Crippen molar-refractivity contribution in [3.8, 4) is 5.75 Å². The number of ketones is 1. The van der Waals surface area contributed by atoms with Gasteiger partial charge >= 0.3 is 0 Å². The summed E-state index contributed by atoms with van der Waals surface area (Å²) in [6.07, 6.45) is 0. The van der Waals surface area contributed by atoms with Crippen LogP contribution < -0.4 is 4.43 Å². The quantitative estimate of drug-likeness (QED) is 0.478. The number of hydrogen-bond acceptors (Lipinski definition) is 2. The maximum Gasteiger partial charge on any atom is 0.242 e. The van der Waals surface area contributed by atoms with Crippen molar-refractivity contribution < 1.29 is 18.0 Å². The number of halogens is 3. The number of benzene rings is 1. The van der Waals surface area contributed by atoms with Gasteiger partial charge in [-0.1, -0.05) is 0 Å². The molecule has 0 fully saturated rings. The number of carbonyl (C=O) groups excluding carboxylic acids is 1. The minimum Gasteiger partial charge on any atom is -0.544 e. The Hall–Kier alpha value is -0.943. The van der Waals surface area contributed by atoms with Crippen LogP contribution in [0.25, 0.3) is 0 Å². The molecular weight excluding hydrogens is 266 g/mol. The molecule has 0 unspecified atom stereocenters. The number of alkyl halides is 1.